The molecular formula is C10H13N3. The molecule has 0 saturated carbocycles. The number of rotatable bonds is 1. The summed E-state index contributed by atoms with van der Waals surface area (Å²) in [5.74, 6) is 0.704. The van der Waals surface area contributed by atoms with E-state index < -0.39 is 0 Å². The molecule has 13 heavy (non-hydrogen) atoms. The average Bonchev–Trinajstić information content (AvgIpc) is 2.48. The van der Waals surface area contributed by atoms with Crippen LogP contribution in [0.1, 0.15) is 18.2 Å². The number of nitrogens with zero attached hydrogens (tertiary/aromatic N) is 2. The first-order valence-electron chi connectivity index (χ1n) is 4.45. The monoisotopic (exact) mass is 175 g/mol. The number of imidazole rings is 1. The summed E-state index contributed by atoms with van der Waals surface area (Å²) < 4.78 is 1.96. The molecule has 0 bridgehead atoms. The van der Waals surface area contributed by atoms with Crippen molar-refractivity contribution in [2.24, 2.45) is 0 Å². The molecule has 0 amide bonds. The van der Waals surface area contributed by atoms with Gasteiger partial charge in [-0.2, -0.15) is 0 Å². The molecule has 3 heteroatoms. The Bertz CT molecular complexity index is 443. The maximum atomic E-state index is 5.77. The number of nitrogens with two attached hydrogens (primary N) is 1. The molecule has 0 atom stereocenters. The maximum absolute atomic E-state index is 5.77. The topological polar surface area (TPSA) is 43.3 Å². The van der Waals surface area contributed by atoms with E-state index in [9.17, 15) is 0 Å². The summed E-state index contributed by atoms with van der Waals surface area (Å²) in [5.41, 5.74) is 9.15. The molecule has 2 rings (SSSR count). The third kappa shape index (κ3) is 1.16. The molecule has 0 aromatic carbocycles. The molecular weight excluding hydrogens is 162 g/mol. The Hall–Kier alpha value is -1.51. The van der Waals surface area contributed by atoms with Crippen molar-refractivity contribution >= 4 is 11.5 Å². The normalized spacial score (nSPS) is 10.9. The number of aryl methyl sites for hydroxylation is 2. The van der Waals surface area contributed by atoms with E-state index in [0.29, 0.717) is 5.82 Å². The van der Waals surface area contributed by atoms with Crippen LogP contribution in [0.5, 0.6) is 0 Å². The van der Waals surface area contributed by atoms with Crippen molar-refractivity contribution in [3.05, 3.63) is 29.6 Å². The summed E-state index contributed by atoms with van der Waals surface area (Å²) in [6.45, 7) is 4.18. The highest BCUT2D eigenvalue weighted by atomic mass is 15.1. The number of hydrogen-bond donors (Lipinski definition) is 1. The van der Waals surface area contributed by atoms with Crippen molar-refractivity contribution in [1.82, 2.24) is 9.38 Å². The van der Waals surface area contributed by atoms with E-state index >= 15 is 0 Å². The predicted molar refractivity (Wildman–Crippen MR) is 53.7 cm³/mol. The van der Waals surface area contributed by atoms with Crippen LogP contribution in [0.15, 0.2) is 18.3 Å². The Balaban J connectivity index is 2.79. The van der Waals surface area contributed by atoms with Gasteiger partial charge in [-0.15, -0.1) is 0 Å². The lowest BCUT2D eigenvalue weighted by atomic mass is 10.2. The lowest BCUT2D eigenvalue weighted by Crippen LogP contribution is -1.98. The van der Waals surface area contributed by atoms with Crippen LogP contribution in [0.25, 0.3) is 5.65 Å². The van der Waals surface area contributed by atoms with E-state index in [0.717, 1.165) is 17.8 Å². The van der Waals surface area contributed by atoms with Crippen molar-refractivity contribution in [3.8, 4) is 0 Å². The van der Waals surface area contributed by atoms with Crippen molar-refractivity contribution < 1.29 is 0 Å². The van der Waals surface area contributed by atoms with E-state index in [4.69, 9.17) is 5.73 Å². The molecule has 68 valence electrons. The fraction of sp³-hybridized carbons (Fsp3) is 0.300. The van der Waals surface area contributed by atoms with E-state index in [1.165, 1.54) is 5.56 Å². The van der Waals surface area contributed by atoms with Gasteiger partial charge in [0.25, 0.3) is 0 Å². The lowest BCUT2D eigenvalue weighted by Gasteiger charge is -2.04. The van der Waals surface area contributed by atoms with Crippen molar-refractivity contribution in [1.29, 1.82) is 0 Å². The second-order valence-corrected chi connectivity index (χ2v) is 3.24. The van der Waals surface area contributed by atoms with Crippen molar-refractivity contribution in [2.75, 3.05) is 5.73 Å². The summed E-state index contributed by atoms with van der Waals surface area (Å²) in [7, 11) is 0. The van der Waals surface area contributed by atoms with Crippen molar-refractivity contribution in [3.63, 3.8) is 0 Å². The van der Waals surface area contributed by atoms with Gasteiger partial charge in [0.15, 0.2) is 0 Å². The number of pyridine rings is 1. The molecule has 0 aliphatic carbocycles. The molecule has 3 nitrogen and oxygen atoms in total. The Morgan fingerprint density at radius 2 is 2.23 bits per heavy atom. The Kier molecular flexibility index (Phi) is 1.72. The largest absolute Gasteiger partial charge is 0.383 e. The summed E-state index contributed by atoms with van der Waals surface area (Å²) in [5, 5.41) is 0. The number of fused-ring (bicyclic) bond motifs is 1. The first kappa shape index (κ1) is 8.10. The van der Waals surface area contributed by atoms with E-state index in [2.05, 4.69) is 24.0 Å². The van der Waals surface area contributed by atoms with Crippen LogP contribution in [-0.2, 0) is 6.42 Å². The minimum atomic E-state index is 0.704. The molecule has 0 aliphatic heterocycles. The quantitative estimate of drug-likeness (QED) is 0.718. The molecule has 0 saturated heterocycles. The first-order chi connectivity index (χ1) is 6.22. The van der Waals surface area contributed by atoms with Gasteiger partial charge in [-0.3, -0.25) is 4.40 Å². The van der Waals surface area contributed by atoms with Crippen LogP contribution in [0.2, 0.25) is 0 Å². The molecule has 2 N–H and O–H groups in total. The summed E-state index contributed by atoms with van der Waals surface area (Å²) in [6.07, 6.45) is 2.73. The van der Waals surface area contributed by atoms with E-state index in [-0.39, 0.29) is 0 Å². The second-order valence-electron chi connectivity index (χ2n) is 3.24. The zero-order valence-electron chi connectivity index (χ0n) is 7.91. The Morgan fingerprint density at radius 3 is 2.92 bits per heavy atom. The molecule has 0 radical (unpaired) electrons. The van der Waals surface area contributed by atoms with Crippen LogP contribution in [0.3, 0.4) is 0 Å². The van der Waals surface area contributed by atoms with Gasteiger partial charge in [-0.05, 0) is 31.0 Å². The highest BCUT2D eigenvalue weighted by Crippen LogP contribution is 2.14. The van der Waals surface area contributed by atoms with Crippen LogP contribution < -0.4 is 5.73 Å². The minimum absolute atomic E-state index is 0.704. The summed E-state index contributed by atoms with van der Waals surface area (Å²) >= 11 is 0. The van der Waals surface area contributed by atoms with Gasteiger partial charge in [0, 0.05) is 5.69 Å². The maximum Gasteiger partial charge on any atom is 0.138 e. The molecule has 2 heterocycles. The highest BCUT2D eigenvalue weighted by Gasteiger charge is 2.03. The minimum Gasteiger partial charge on any atom is -0.383 e. The van der Waals surface area contributed by atoms with Crippen LogP contribution >= 0.6 is 0 Å². The van der Waals surface area contributed by atoms with E-state index in [1.807, 2.05) is 11.3 Å². The number of aromatic nitrogens is 2. The third-order valence-corrected chi connectivity index (χ3v) is 2.29. The predicted octanol–water partition coefficient (Wildman–Crippen LogP) is 1.79. The Labute approximate surface area is 77.2 Å². The fourth-order valence-electron chi connectivity index (χ4n) is 1.61. The summed E-state index contributed by atoms with van der Waals surface area (Å²) in [6, 6.07) is 4.22. The molecule has 0 spiro atoms. The van der Waals surface area contributed by atoms with Gasteiger partial charge < -0.3 is 5.73 Å². The number of nitrogen functional groups attached to an aromatic ring is 1. The molecule has 0 unspecified atom stereocenters. The first-order valence-corrected chi connectivity index (χ1v) is 4.45. The molecule has 0 fully saturated rings. The third-order valence-electron chi connectivity index (χ3n) is 2.29. The van der Waals surface area contributed by atoms with Gasteiger partial charge in [0.1, 0.15) is 11.5 Å². The molecule has 0 aliphatic rings. The zero-order chi connectivity index (χ0) is 9.42. The van der Waals surface area contributed by atoms with Crippen LogP contribution in [-0.4, -0.2) is 9.38 Å². The SMILES string of the molecule is CCc1cc(C)n2c(N)cnc2c1. The van der Waals surface area contributed by atoms with Gasteiger partial charge >= 0.3 is 0 Å². The smallest absolute Gasteiger partial charge is 0.138 e. The van der Waals surface area contributed by atoms with E-state index in [1.54, 1.807) is 6.20 Å². The van der Waals surface area contributed by atoms with Gasteiger partial charge in [0.2, 0.25) is 0 Å². The lowest BCUT2D eigenvalue weighted by molar-refractivity contribution is 1.05. The fourth-order valence-corrected chi connectivity index (χ4v) is 1.61. The van der Waals surface area contributed by atoms with Crippen LogP contribution in [0, 0.1) is 6.92 Å². The second kappa shape index (κ2) is 2.76. The molecule has 2 aromatic rings. The highest BCUT2D eigenvalue weighted by molar-refractivity contribution is 5.51. The summed E-state index contributed by atoms with van der Waals surface area (Å²) in [4.78, 5) is 4.23. The van der Waals surface area contributed by atoms with Gasteiger partial charge in [-0.25, -0.2) is 4.98 Å². The van der Waals surface area contributed by atoms with Gasteiger partial charge in [-0.1, -0.05) is 6.92 Å². The van der Waals surface area contributed by atoms with Crippen LogP contribution in [0.4, 0.5) is 5.82 Å². The molecule has 2 aromatic heterocycles. The zero-order valence-corrected chi connectivity index (χ0v) is 7.91. The number of anilines is 1. The average molecular weight is 175 g/mol. The number of hydrogen-bond acceptors (Lipinski definition) is 2. The van der Waals surface area contributed by atoms with Gasteiger partial charge in [0.05, 0.1) is 6.20 Å². The standard InChI is InChI=1S/C10H13N3/c1-3-8-4-7(2)13-9(11)6-12-10(13)5-8/h4-6H,3,11H2,1-2H3. The van der Waals surface area contributed by atoms with Crippen molar-refractivity contribution in [2.45, 2.75) is 20.3 Å². The Morgan fingerprint density at radius 1 is 1.46 bits per heavy atom.